The van der Waals surface area contributed by atoms with Crippen LogP contribution in [0.5, 0.6) is 0 Å². The van der Waals surface area contributed by atoms with Crippen molar-refractivity contribution in [3.8, 4) is 0 Å². The van der Waals surface area contributed by atoms with Gasteiger partial charge < -0.3 is 0 Å². The highest BCUT2D eigenvalue weighted by Crippen LogP contribution is 2.46. The summed E-state index contributed by atoms with van der Waals surface area (Å²) < 4.78 is 0. The first-order chi connectivity index (χ1) is 9.59. The van der Waals surface area contributed by atoms with Crippen LogP contribution in [0, 0.1) is 5.41 Å². The summed E-state index contributed by atoms with van der Waals surface area (Å²) in [4.78, 5) is 5.25. The molecule has 1 N–H and O–H groups in total. The van der Waals surface area contributed by atoms with Crippen LogP contribution in [0.1, 0.15) is 18.1 Å². The fourth-order valence-electron chi connectivity index (χ4n) is 2.22. The molecule has 0 amide bonds. The van der Waals surface area contributed by atoms with Gasteiger partial charge in [-0.25, -0.2) is 4.98 Å². The van der Waals surface area contributed by atoms with Crippen LogP contribution in [0.3, 0.4) is 0 Å². The number of allylic oxidation sites excluding steroid dienone is 1. The lowest BCUT2D eigenvalue weighted by molar-refractivity contribution is 0.817. The van der Waals surface area contributed by atoms with E-state index in [1.165, 1.54) is 11.8 Å². The third-order valence-corrected chi connectivity index (χ3v) is 4.91. The van der Waals surface area contributed by atoms with Crippen LogP contribution in [0.4, 0.5) is 0 Å². The van der Waals surface area contributed by atoms with Crippen molar-refractivity contribution in [3.05, 3.63) is 71.0 Å². The van der Waals surface area contributed by atoms with Gasteiger partial charge in [-0.15, -0.1) is 0 Å². The van der Waals surface area contributed by atoms with Gasteiger partial charge in [0.05, 0.1) is 10.5 Å². The molecule has 1 aliphatic rings. The number of pyridine rings is 1. The maximum absolute atomic E-state index is 8.32. The molecule has 0 radical (unpaired) electrons. The number of aromatic nitrogens is 1. The molecule has 0 aliphatic carbocycles. The van der Waals surface area contributed by atoms with Gasteiger partial charge in [0.1, 0.15) is 5.15 Å². The summed E-state index contributed by atoms with van der Waals surface area (Å²) in [6.45, 7) is 2.04. The van der Waals surface area contributed by atoms with Crippen molar-refractivity contribution < 1.29 is 0 Å². The Kier molecular flexibility index (Phi) is 3.40. The maximum atomic E-state index is 8.32. The Morgan fingerprint density at radius 1 is 1.15 bits per heavy atom. The lowest BCUT2D eigenvalue weighted by Crippen LogP contribution is -2.24. The summed E-state index contributed by atoms with van der Waals surface area (Å²) in [5.41, 5.74) is 1.71. The number of hydrogen-bond donors (Lipinski definition) is 1. The molecule has 20 heavy (non-hydrogen) atoms. The molecular formula is C16H13ClN2S. The van der Waals surface area contributed by atoms with E-state index >= 15 is 0 Å². The van der Waals surface area contributed by atoms with E-state index in [-0.39, 0.29) is 0 Å². The molecule has 0 spiro atoms. The second kappa shape index (κ2) is 5.08. The van der Waals surface area contributed by atoms with Gasteiger partial charge in [-0.05, 0) is 24.1 Å². The molecule has 0 bridgehead atoms. The second-order valence-electron chi connectivity index (χ2n) is 4.88. The maximum Gasteiger partial charge on any atom is 0.129 e. The Morgan fingerprint density at radius 2 is 1.90 bits per heavy atom. The zero-order chi connectivity index (χ0) is 14.2. The molecule has 1 atom stereocenters. The third-order valence-electron chi connectivity index (χ3n) is 3.49. The van der Waals surface area contributed by atoms with Gasteiger partial charge in [-0.2, -0.15) is 0 Å². The fraction of sp³-hybridized carbons (Fsp3) is 0.125. The smallest absolute Gasteiger partial charge is 0.129 e. The van der Waals surface area contributed by atoms with Gasteiger partial charge in [0.2, 0.25) is 0 Å². The fourth-order valence-corrected chi connectivity index (χ4v) is 3.48. The van der Waals surface area contributed by atoms with Crippen LogP contribution < -0.4 is 0 Å². The number of hydrogen-bond acceptors (Lipinski definition) is 3. The molecule has 2 aromatic rings. The highest BCUT2D eigenvalue weighted by Gasteiger charge is 2.37. The molecule has 0 saturated heterocycles. The second-order valence-corrected chi connectivity index (χ2v) is 6.32. The predicted octanol–water partition coefficient (Wildman–Crippen LogP) is 4.76. The Morgan fingerprint density at radius 3 is 2.55 bits per heavy atom. The minimum absolute atomic E-state index is 0.423. The summed E-state index contributed by atoms with van der Waals surface area (Å²) in [6.07, 6.45) is 3.89. The molecule has 0 fully saturated rings. The molecule has 3 rings (SSSR count). The van der Waals surface area contributed by atoms with Gasteiger partial charge in [0, 0.05) is 11.1 Å². The SMILES string of the molecule is CC1(c2ccc(Cl)nc2)C=C(c2ccccc2)SC1=N. The number of nitrogens with one attached hydrogen (secondary N) is 1. The van der Waals surface area contributed by atoms with Crippen LogP contribution >= 0.6 is 23.4 Å². The molecule has 0 saturated carbocycles. The lowest BCUT2D eigenvalue weighted by Gasteiger charge is -2.21. The number of nitrogens with zero attached hydrogens (tertiary/aromatic N) is 1. The predicted molar refractivity (Wildman–Crippen MR) is 86.3 cm³/mol. The van der Waals surface area contributed by atoms with Crippen LogP contribution in [0.2, 0.25) is 5.15 Å². The Labute approximate surface area is 127 Å². The monoisotopic (exact) mass is 300 g/mol. The van der Waals surface area contributed by atoms with Crippen molar-refractivity contribution in [2.45, 2.75) is 12.3 Å². The Balaban J connectivity index is 2.03. The van der Waals surface area contributed by atoms with E-state index in [0.717, 1.165) is 16.0 Å². The normalized spacial score (nSPS) is 21.9. The summed E-state index contributed by atoms with van der Waals surface area (Å²) >= 11 is 7.35. The first-order valence-corrected chi connectivity index (χ1v) is 7.46. The molecule has 100 valence electrons. The van der Waals surface area contributed by atoms with Crippen LogP contribution in [-0.2, 0) is 5.41 Å². The van der Waals surface area contributed by atoms with Gasteiger partial charge in [-0.1, -0.05) is 65.8 Å². The summed E-state index contributed by atoms with van der Waals surface area (Å²) in [6, 6.07) is 13.9. The quantitative estimate of drug-likeness (QED) is 0.812. The molecule has 4 heteroatoms. The van der Waals surface area contributed by atoms with Crippen molar-refractivity contribution >= 4 is 33.3 Å². The first-order valence-electron chi connectivity index (χ1n) is 6.27. The minimum Gasteiger partial charge on any atom is -0.297 e. The molecule has 2 heterocycles. The van der Waals surface area contributed by atoms with Gasteiger partial charge in [0.25, 0.3) is 0 Å². The topological polar surface area (TPSA) is 36.7 Å². The van der Waals surface area contributed by atoms with Crippen molar-refractivity contribution in [2.24, 2.45) is 0 Å². The Bertz CT molecular complexity index is 679. The molecule has 1 aromatic heterocycles. The van der Waals surface area contributed by atoms with E-state index in [1.54, 1.807) is 12.3 Å². The highest BCUT2D eigenvalue weighted by molar-refractivity contribution is 8.22. The summed E-state index contributed by atoms with van der Waals surface area (Å²) in [7, 11) is 0. The summed E-state index contributed by atoms with van der Waals surface area (Å²) in [5.74, 6) is 0. The number of thioether (sulfide) groups is 1. The van der Waals surface area contributed by atoms with Crippen LogP contribution in [0.15, 0.2) is 54.7 Å². The number of benzene rings is 1. The van der Waals surface area contributed by atoms with E-state index < -0.39 is 5.41 Å². The molecule has 1 aliphatic heterocycles. The van der Waals surface area contributed by atoms with E-state index in [2.05, 4.69) is 23.2 Å². The average Bonchev–Trinajstić information content (AvgIpc) is 2.78. The Hall–Kier alpha value is -1.58. The highest BCUT2D eigenvalue weighted by atomic mass is 35.5. The van der Waals surface area contributed by atoms with Crippen molar-refractivity contribution in [2.75, 3.05) is 0 Å². The van der Waals surface area contributed by atoms with Crippen molar-refractivity contribution in [1.29, 1.82) is 5.41 Å². The van der Waals surface area contributed by atoms with E-state index in [1.807, 2.05) is 31.2 Å². The van der Waals surface area contributed by atoms with Gasteiger partial charge >= 0.3 is 0 Å². The zero-order valence-electron chi connectivity index (χ0n) is 10.9. The van der Waals surface area contributed by atoms with Crippen molar-refractivity contribution in [1.82, 2.24) is 4.98 Å². The van der Waals surface area contributed by atoms with Crippen LogP contribution in [0.25, 0.3) is 4.91 Å². The first kappa shape index (κ1) is 13.4. The number of halogens is 1. The average molecular weight is 301 g/mol. The van der Waals surface area contributed by atoms with Gasteiger partial charge in [-0.3, -0.25) is 5.41 Å². The largest absolute Gasteiger partial charge is 0.297 e. The van der Waals surface area contributed by atoms with Gasteiger partial charge in [0.15, 0.2) is 0 Å². The molecule has 1 unspecified atom stereocenters. The van der Waals surface area contributed by atoms with Crippen LogP contribution in [-0.4, -0.2) is 10.0 Å². The molecular weight excluding hydrogens is 288 g/mol. The standard InChI is InChI=1S/C16H13ClN2S/c1-16(12-7-8-14(17)19-10-12)9-13(20-15(16)18)11-5-3-2-4-6-11/h2-10,18H,1H3. The lowest BCUT2D eigenvalue weighted by atomic mass is 9.84. The molecule has 2 nitrogen and oxygen atoms in total. The molecule has 1 aromatic carbocycles. The van der Waals surface area contributed by atoms with Crippen molar-refractivity contribution in [3.63, 3.8) is 0 Å². The third kappa shape index (κ3) is 2.28. The van der Waals surface area contributed by atoms with E-state index in [0.29, 0.717) is 10.2 Å². The summed E-state index contributed by atoms with van der Waals surface area (Å²) in [5, 5.41) is 9.41. The van der Waals surface area contributed by atoms with E-state index in [4.69, 9.17) is 17.0 Å². The van der Waals surface area contributed by atoms with E-state index in [9.17, 15) is 0 Å². The minimum atomic E-state index is -0.423. The zero-order valence-corrected chi connectivity index (χ0v) is 12.5. The number of rotatable bonds is 2.